The summed E-state index contributed by atoms with van der Waals surface area (Å²) in [6.45, 7) is -0.0635. The van der Waals surface area contributed by atoms with Crippen LogP contribution in [0.15, 0.2) is 24.3 Å². The maximum absolute atomic E-state index is 11.9. The van der Waals surface area contributed by atoms with Gasteiger partial charge in [0.1, 0.15) is 5.75 Å². The zero-order valence-electron chi connectivity index (χ0n) is 9.48. The lowest BCUT2D eigenvalue weighted by Crippen LogP contribution is -2.26. The maximum atomic E-state index is 11.9. The van der Waals surface area contributed by atoms with E-state index in [2.05, 4.69) is 9.64 Å². The fraction of sp³-hybridized carbons (Fsp3) is 0.500. The number of hydrogen-bond donors (Lipinski definition) is 1. The van der Waals surface area contributed by atoms with E-state index in [0.717, 1.165) is 31.6 Å². The molecule has 0 saturated carbocycles. The molecule has 0 spiro atoms. The van der Waals surface area contributed by atoms with Crippen molar-refractivity contribution >= 4 is 0 Å². The molecule has 1 aliphatic rings. The molecule has 1 heterocycles. The third-order valence-corrected chi connectivity index (χ3v) is 2.86. The minimum atomic E-state index is -2.77. The van der Waals surface area contributed by atoms with Crippen molar-refractivity contribution in [1.82, 2.24) is 4.90 Å². The van der Waals surface area contributed by atoms with E-state index in [4.69, 9.17) is 5.73 Å². The fourth-order valence-electron chi connectivity index (χ4n) is 2.04. The summed E-state index contributed by atoms with van der Waals surface area (Å²) in [5.74, 6) is 0.196. The van der Waals surface area contributed by atoms with Crippen molar-refractivity contribution in [3.05, 3.63) is 29.8 Å². The topological polar surface area (TPSA) is 38.5 Å². The standard InChI is InChI=1S/C12H16F2N2O/c13-12(14)17-11-3-1-9(2-4-11)7-16-6-5-10(15)8-16/h1-4,10,12H,5-8,15H2. The Morgan fingerprint density at radius 2 is 2.06 bits per heavy atom. The Balaban J connectivity index is 1.89. The quantitative estimate of drug-likeness (QED) is 0.875. The molecule has 0 bridgehead atoms. The zero-order chi connectivity index (χ0) is 12.3. The molecule has 3 nitrogen and oxygen atoms in total. The Labute approximate surface area is 99.2 Å². The van der Waals surface area contributed by atoms with Crippen molar-refractivity contribution < 1.29 is 13.5 Å². The number of ether oxygens (including phenoxy) is 1. The van der Waals surface area contributed by atoms with E-state index >= 15 is 0 Å². The molecule has 17 heavy (non-hydrogen) atoms. The molecule has 1 aromatic carbocycles. The molecular formula is C12H16F2N2O. The Bertz CT molecular complexity index is 356. The molecule has 1 aromatic rings. The first-order valence-corrected chi connectivity index (χ1v) is 5.65. The molecule has 5 heteroatoms. The summed E-state index contributed by atoms with van der Waals surface area (Å²) < 4.78 is 28.2. The van der Waals surface area contributed by atoms with E-state index in [1.54, 1.807) is 12.1 Å². The first kappa shape index (κ1) is 12.3. The molecule has 0 amide bonds. The van der Waals surface area contributed by atoms with Crippen molar-refractivity contribution in [2.24, 2.45) is 5.73 Å². The highest BCUT2D eigenvalue weighted by Crippen LogP contribution is 2.17. The molecular weight excluding hydrogens is 226 g/mol. The number of hydrogen-bond acceptors (Lipinski definition) is 3. The van der Waals surface area contributed by atoms with Gasteiger partial charge in [-0.25, -0.2) is 0 Å². The van der Waals surface area contributed by atoms with E-state index in [-0.39, 0.29) is 11.8 Å². The molecule has 0 radical (unpaired) electrons. The SMILES string of the molecule is NC1CCN(Cc2ccc(OC(F)F)cc2)C1. The van der Waals surface area contributed by atoms with E-state index < -0.39 is 6.61 Å². The van der Waals surface area contributed by atoms with Gasteiger partial charge in [-0.1, -0.05) is 12.1 Å². The summed E-state index contributed by atoms with van der Waals surface area (Å²) in [6, 6.07) is 7.01. The molecule has 2 rings (SSSR count). The highest BCUT2D eigenvalue weighted by Gasteiger charge is 2.18. The molecule has 2 N–H and O–H groups in total. The van der Waals surface area contributed by atoms with Gasteiger partial charge in [0.2, 0.25) is 0 Å². The van der Waals surface area contributed by atoms with E-state index in [0.29, 0.717) is 0 Å². The number of likely N-dealkylation sites (tertiary alicyclic amines) is 1. The number of benzene rings is 1. The van der Waals surface area contributed by atoms with Crippen LogP contribution in [0, 0.1) is 0 Å². The molecule has 1 fully saturated rings. The minimum absolute atomic E-state index is 0.196. The normalized spacial score (nSPS) is 21.1. The van der Waals surface area contributed by atoms with Gasteiger partial charge in [-0.15, -0.1) is 0 Å². The lowest BCUT2D eigenvalue weighted by atomic mass is 10.2. The number of nitrogens with zero attached hydrogens (tertiary/aromatic N) is 1. The van der Waals surface area contributed by atoms with Crippen molar-refractivity contribution in [2.75, 3.05) is 13.1 Å². The van der Waals surface area contributed by atoms with Gasteiger partial charge in [0.15, 0.2) is 0 Å². The largest absolute Gasteiger partial charge is 0.435 e. The van der Waals surface area contributed by atoms with Gasteiger partial charge < -0.3 is 10.5 Å². The summed E-state index contributed by atoms with van der Waals surface area (Å²) in [5.41, 5.74) is 6.90. The van der Waals surface area contributed by atoms with Crippen molar-refractivity contribution in [3.63, 3.8) is 0 Å². The number of alkyl halides is 2. The maximum Gasteiger partial charge on any atom is 0.387 e. The zero-order valence-corrected chi connectivity index (χ0v) is 9.48. The van der Waals surface area contributed by atoms with Gasteiger partial charge in [-0.2, -0.15) is 8.78 Å². The van der Waals surface area contributed by atoms with Crippen LogP contribution in [-0.2, 0) is 6.54 Å². The summed E-state index contributed by atoms with van der Waals surface area (Å²) >= 11 is 0. The van der Waals surface area contributed by atoms with Crippen LogP contribution >= 0.6 is 0 Å². The molecule has 0 aliphatic carbocycles. The number of halogens is 2. The second-order valence-corrected chi connectivity index (χ2v) is 4.31. The van der Waals surface area contributed by atoms with E-state index in [1.807, 2.05) is 12.1 Å². The first-order chi connectivity index (χ1) is 8.13. The predicted molar refractivity (Wildman–Crippen MR) is 60.9 cm³/mol. The van der Waals surface area contributed by atoms with Gasteiger partial charge in [-0.3, -0.25) is 4.90 Å². The predicted octanol–water partition coefficient (Wildman–Crippen LogP) is 1.82. The van der Waals surface area contributed by atoms with Crippen LogP contribution in [0.4, 0.5) is 8.78 Å². The molecule has 1 saturated heterocycles. The van der Waals surface area contributed by atoms with Crippen LogP contribution in [0.5, 0.6) is 5.75 Å². The van der Waals surface area contributed by atoms with Gasteiger partial charge in [0, 0.05) is 25.7 Å². The average molecular weight is 242 g/mol. The Hall–Kier alpha value is -1.20. The number of rotatable bonds is 4. The Morgan fingerprint density at radius 3 is 2.59 bits per heavy atom. The second-order valence-electron chi connectivity index (χ2n) is 4.31. The smallest absolute Gasteiger partial charge is 0.387 e. The van der Waals surface area contributed by atoms with Crippen LogP contribution in [0.25, 0.3) is 0 Å². The third-order valence-electron chi connectivity index (χ3n) is 2.86. The molecule has 94 valence electrons. The van der Waals surface area contributed by atoms with Gasteiger partial charge >= 0.3 is 6.61 Å². The van der Waals surface area contributed by atoms with Gasteiger partial charge in [-0.05, 0) is 24.1 Å². The monoisotopic (exact) mass is 242 g/mol. The van der Waals surface area contributed by atoms with Crippen molar-refractivity contribution in [2.45, 2.75) is 25.6 Å². The van der Waals surface area contributed by atoms with Crippen LogP contribution in [0.1, 0.15) is 12.0 Å². The minimum Gasteiger partial charge on any atom is -0.435 e. The fourth-order valence-corrected chi connectivity index (χ4v) is 2.04. The lowest BCUT2D eigenvalue weighted by Gasteiger charge is -2.15. The second kappa shape index (κ2) is 5.42. The van der Waals surface area contributed by atoms with Crippen LogP contribution in [0.3, 0.4) is 0 Å². The lowest BCUT2D eigenvalue weighted by molar-refractivity contribution is -0.0498. The van der Waals surface area contributed by atoms with Gasteiger partial charge in [0.05, 0.1) is 0 Å². The Morgan fingerprint density at radius 1 is 1.35 bits per heavy atom. The van der Waals surface area contributed by atoms with E-state index in [1.165, 1.54) is 0 Å². The first-order valence-electron chi connectivity index (χ1n) is 5.65. The van der Waals surface area contributed by atoms with Gasteiger partial charge in [0.25, 0.3) is 0 Å². The van der Waals surface area contributed by atoms with Crippen LogP contribution in [0.2, 0.25) is 0 Å². The summed E-state index contributed by atoms with van der Waals surface area (Å²) in [5, 5.41) is 0. The van der Waals surface area contributed by atoms with Crippen molar-refractivity contribution in [3.8, 4) is 5.75 Å². The highest BCUT2D eigenvalue weighted by molar-refractivity contribution is 5.27. The summed E-state index contributed by atoms with van der Waals surface area (Å²) in [7, 11) is 0. The van der Waals surface area contributed by atoms with Crippen LogP contribution < -0.4 is 10.5 Å². The average Bonchev–Trinajstić information content (AvgIpc) is 2.66. The third kappa shape index (κ3) is 3.64. The molecule has 1 unspecified atom stereocenters. The van der Waals surface area contributed by atoms with Crippen LogP contribution in [-0.4, -0.2) is 30.6 Å². The Kier molecular flexibility index (Phi) is 3.91. The van der Waals surface area contributed by atoms with Crippen molar-refractivity contribution in [1.29, 1.82) is 0 Å². The summed E-state index contributed by atoms with van der Waals surface area (Å²) in [4.78, 5) is 2.26. The van der Waals surface area contributed by atoms with E-state index in [9.17, 15) is 8.78 Å². The number of nitrogens with two attached hydrogens (primary N) is 1. The molecule has 1 aliphatic heterocycles. The highest BCUT2D eigenvalue weighted by atomic mass is 19.3. The molecule has 1 atom stereocenters. The molecule has 0 aromatic heterocycles. The summed E-state index contributed by atoms with van der Waals surface area (Å²) in [6.07, 6.45) is 1.02.